The molecule has 0 radical (unpaired) electrons. The highest BCUT2D eigenvalue weighted by Crippen LogP contribution is 2.26. The fourth-order valence-electron chi connectivity index (χ4n) is 2.95. The summed E-state index contributed by atoms with van der Waals surface area (Å²) >= 11 is 0. The number of rotatable bonds is 5. The number of fused-ring (bicyclic) bond motifs is 1. The summed E-state index contributed by atoms with van der Waals surface area (Å²) in [5.41, 5.74) is 4.46. The lowest BCUT2D eigenvalue weighted by atomic mass is 10.0. The molecule has 2 aromatic heterocycles. The molecule has 6 heteroatoms. The van der Waals surface area contributed by atoms with Gasteiger partial charge in [-0.15, -0.1) is 0 Å². The van der Waals surface area contributed by atoms with Crippen molar-refractivity contribution in [2.75, 3.05) is 5.32 Å². The summed E-state index contributed by atoms with van der Waals surface area (Å²) in [6, 6.07) is 17.1. The zero-order chi connectivity index (χ0) is 18.6. The molecule has 4 rings (SSSR count). The second kappa shape index (κ2) is 7.21. The number of hydrogen-bond acceptors (Lipinski definition) is 4. The third kappa shape index (κ3) is 3.59. The maximum atomic E-state index is 12.3. The summed E-state index contributed by atoms with van der Waals surface area (Å²) in [7, 11) is 0. The smallest absolute Gasteiger partial charge is 0.228 e. The Morgan fingerprint density at radius 3 is 2.70 bits per heavy atom. The zero-order valence-electron chi connectivity index (χ0n) is 14.3. The SMILES string of the molecule is O=Cc1[nH]nc2ccc(-c3cncc(NC(=O)Cc4ccccc4)c3)cc12. The second-order valence-corrected chi connectivity index (χ2v) is 6.16. The Morgan fingerprint density at radius 2 is 1.89 bits per heavy atom. The normalized spacial score (nSPS) is 10.7. The highest BCUT2D eigenvalue weighted by atomic mass is 16.1. The monoisotopic (exact) mass is 356 g/mol. The lowest BCUT2D eigenvalue weighted by Crippen LogP contribution is -2.14. The topological polar surface area (TPSA) is 87.7 Å². The van der Waals surface area contributed by atoms with Crippen LogP contribution in [0.5, 0.6) is 0 Å². The maximum absolute atomic E-state index is 12.3. The third-order valence-corrected chi connectivity index (χ3v) is 4.26. The number of pyridine rings is 1. The van der Waals surface area contributed by atoms with Crippen LogP contribution in [0.1, 0.15) is 16.1 Å². The van der Waals surface area contributed by atoms with Gasteiger partial charge in [-0.25, -0.2) is 0 Å². The molecule has 0 unspecified atom stereocenters. The fraction of sp³-hybridized carbons (Fsp3) is 0.0476. The number of carbonyl (C=O) groups excluding carboxylic acids is 2. The van der Waals surface area contributed by atoms with Crippen molar-refractivity contribution in [3.63, 3.8) is 0 Å². The standard InChI is InChI=1S/C21H16N4O2/c26-13-20-18-10-15(6-7-19(18)24-25-20)16-9-17(12-22-11-16)23-21(27)8-14-4-2-1-3-5-14/h1-7,9-13H,8H2,(H,23,27)(H,24,25). The van der Waals surface area contributed by atoms with E-state index in [1.165, 1.54) is 0 Å². The number of benzene rings is 2. The lowest BCUT2D eigenvalue weighted by Gasteiger charge is -2.08. The molecule has 0 aliphatic rings. The van der Waals surface area contributed by atoms with Gasteiger partial charge in [0.25, 0.3) is 0 Å². The molecule has 0 bridgehead atoms. The number of H-pyrrole nitrogens is 1. The first-order valence-corrected chi connectivity index (χ1v) is 8.45. The number of anilines is 1. The molecule has 132 valence electrons. The summed E-state index contributed by atoms with van der Waals surface area (Å²) < 4.78 is 0. The fourth-order valence-corrected chi connectivity index (χ4v) is 2.95. The molecule has 0 fully saturated rings. The number of amides is 1. The predicted octanol–water partition coefficient (Wildman–Crippen LogP) is 3.62. The van der Waals surface area contributed by atoms with Crippen LogP contribution in [0.15, 0.2) is 67.0 Å². The van der Waals surface area contributed by atoms with Crippen LogP contribution in [0.25, 0.3) is 22.0 Å². The van der Waals surface area contributed by atoms with Gasteiger partial charge in [0.1, 0.15) is 5.69 Å². The van der Waals surface area contributed by atoms with E-state index in [1.807, 2.05) is 54.6 Å². The van der Waals surface area contributed by atoms with E-state index in [2.05, 4.69) is 20.5 Å². The Hall–Kier alpha value is -3.80. The molecule has 2 heterocycles. The molecule has 1 amide bonds. The van der Waals surface area contributed by atoms with Crippen molar-refractivity contribution in [2.45, 2.75) is 6.42 Å². The van der Waals surface area contributed by atoms with Crippen molar-refractivity contribution >= 4 is 28.8 Å². The average molecular weight is 356 g/mol. The molecule has 0 saturated heterocycles. The molecular weight excluding hydrogens is 340 g/mol. The van der Waals surface area contributed by atoms with Crippen molar-refractivity contribution in [2.24, 2.45) is 0 Å². The van der Waals surface area contributed by atoms with Crippen molar-refractivity contribution in [1.29, 1.82) is 0 Å². The van der Waals surface area contributed by atoms with Crippen molar-refractivity contribution < 1.29 is 9.59 Å². The number of aromatic amines is 1. The van der Waals surface area contributed by atoms with E-state index < -0.39 is 0 Å². The third-order valence-electron chi connectivity index (χ3n) is 4.26. The highest BCUT2D eigenvalue weighted by molar-refractivity contribution is 5.97. The number of nitrogens with one attached hydrogen (secondary N) is 2. The molecule has 4 aromatic rings. The van der Waals surface area contributed by atoms with Crippen LogP contribution in [-0.4, -0.2) is 27.4 Å². The molecule has 0 aliphatic heterocycles. The van der Waals surface area contributed by atoms with E-state index in [4.69, 9.17) is 0 Å². The first-order chi connectivity index (χ1) is 13.2. The second-order valence-electron chi connectivity index (χ2n) is 6.16. The van der Waals surface area contributed by atoms with Gasteiger partial charge in [-0.1, -0.05) is 36.4 Å². The molecule has 0 atom stereocenters. The summed E-state index contributed by atoms with van der Waals surface area (Å²) in [4.78, 5) is 27.6. The van der Waals surface area contributed by atoms with Crippen molar-refractivity contribution in [3.05, 3.63) is 78.2 Å². The van der Waals surface area contributed by atoms with Gasteiger partial charge in [-0.2, -0.15) is 5.10 Å². The molecule has 0 spiro atoms. The summed E-state index contributed by atoms with van der Waals surface area (Å²) in [6.45, 7) is 0. The van der Waals surface area contributed by atoms with Crippen LogP contribution in [0.3, 0.4) is 0 Å². The first-order valence-electron chi connectivity index (χ1n) is 8.45. The van der Waals surface area contributed by atoms with Gasteiger partial charge >= 0.3 is 0 Å². The molecule has 0 saturated carbocycles. The number of nitrogens with zero attached hydrogens (tertiary/aromatic N) is 2. The summed E-state index contributed by atoms with van der Waals surface area (Å²) in [5.74, 6) is -0.103. The van der Waals surface area contributed by atoms with Gasteiger partial charge < -0.3 is 5.32 Å². The predicted molar refractivity (Wildman–Crippen MR) is 103 cm³/mol. The lowest BCUT2D eigenvalue weighted by molar-refractivity contribution is -0.115. The number of hydrogen-bond donors (Lipinski definition) is 2. The maximum Gasteiger partial charge on any atom is 0.228 e. The molecule has 0 aliphatic carbocycles. The van der Waals surface area contributed by atoms with Gasteiger partial charge in [0.15, 0.2) is 6.29 Å². The van der Waals surface area contributed by atoms with Gasteiger partial charge in [-0.3, -0.25) is 19.7 Å². The van der Waals surface area contributed by atoms with Crippen LogP contribution < -0.4 is 5.32 Å². The minimum atomic E-state index is -0.103. The van der Waals surface area contributed by atoms with Crippen LogP contribution in [0.2, 0.25) is 0 Å². The van der Waals surface area contributed by atoms with Gasteiger partial charge in [-0.05, 0) is 29.3 Å². The Bertz CT molecular complexity index is 1120. The molecule has 27 heavy (non-hydrogen) atoms. The van der Waals surface area contributed by atoms with E-state index >= 15 is 0 Å². The quantitative estimate of drug-likeness (QED) is 0.535. The number of aldehydes is 1. The van der Waals surface area contributed by atoms with E-state index in [0.29, 0.717) is 17.8 Å². The van der Waals surface area contributed by atoms with Crippen LogP contribution in [0.4, 0.5) is 5.69 Å². The highest BCUT2D eigenvalue weighted by Gasteiger charge is 2.09. The van der Waals surface area contributed by atoms with Crippen LogP contribution >= 0.6 is 0 Å². The van der Waals surface area contributed by atoms with Crippen LogP contribution in [0, 0.1) is 0 Å². The Labute approximate surface area is 155 Å². The van der Waals surface area contributed by atoms with Crippen molar-refractivity contribution in [1.82, 2.24) is 15.2 Å². The molecule has 2 N–H and O–H groups in total. The van der Waals surface area contributed by atoms with E-state index in [-0.39, 0.29) is 5.91 Å². The number of aromatic nitrogens is 3. The number of carbonyl (C=O) groups is 2. The van der Waals surface area contributed by atoms with E-state index in [1.54, 1.807) is 12.4 Å². The minimum Gasteiger partial charge on any atom is -0.324 e. The molecule has 2 aromatic carbocycles. The van der Waals surface area contributed by atoms with Crippen molar-refractivity contribution in [3.8, 4) is 11.1 Å². The summed E-state index contributed by atoms with van der Waals surface area (Å²) in [6.07, 6.45) is 4.38. The van der Waals surface area contributed by atoms with E-state index in [9.17, 15) is 9.59 Å². The zero-order valence-corrected chi connectivity index (χ0v) is 14.3. The Morgan fingerprint density at radius 1 is 1.04 bits per heavy atom. The van der Waals surface area contributed by atoms with Gasteiger partial charge in [0.05, 0.1) is 23.8 Å². The minimum absolute atomic E-state index is 0.103. The first kappa shape index (κ1) is 16.7. The molecular formula is C21H16N4O2. The summed E-state index contributed by atoms with van der Waals surface area (Å²) in [5, 5.41) is 10.4. The van der Waals surface area contributed by atoms with Crippen LogP contribution in [-0.2, 0) is 11.2 Å². The van der Waals surface area contributed by atoms with Gasteiger partial charge in [0, 0.05) is 17.1 Å². The van der Waals surface area contributed by atoms with E-state index in [0.717, 1.165) is 33.9 Å². The Balaban J connectivity index is 1.57. The average Bonchev–Trinajstić information content (AvgIpc) is 3.11. The Kier molecular flexibility index (Phi) is 4.45. The molecule has 6 nitrogen and oxygen atoms in total. The van der Waals surface area contributed by atoms with Gasteiger partial charge in [0.2, 0.25) is 5.91 Å². The largest absolute Gasteiger partial charge is 0.324 e.